The molecule has 0 aromatic heterocycles. The topological polar surface area (TPSA) is 55.1 Å². The lowest BCUT2D eigenvalue weighted by molar-refractivity contribution is 0.0900. The van der Waals surface area contributed by atoms with Crippen molar-refractivity contribution in [1.29, 1.82) is 0 Å². The minimum Gasteiger partial charge on any atom is -0.399 e. The van der Waals surface area contributed by atoms with Crippen molar-refractivity contribution >= 4 is 11.6 Å². The molecular formula is C18H19FN2O. The molecule has 0 heterocycles. The summed E-state index contributed by atoms with van der Waals surface area (Å²) in [5.41, 5.74) is 7.79. The fourth-order valence-electron chi connectivity index (χ4n) is 2.82. The van der Waals surface area contributed by atoms with E-state index < -0.39 is 0 Å². The predicted molar refractivity (Wildman–Crippen MR) is 84.8 cm³/mol. The van der Waals surface area contributed by atoms with Gasteiger partial charge >= 0.3 is 0 Å². The van der Waals surface area contributed by atoms with E-state index in [2.05, 4.69) is 5.32 Å². The number of rotatable bonds is 4. The Kier molecular flexibility index (Phi) is 4.09. The quantitative estimate of drug-likeness (QED) is 0.846. The monoisotopic (exact) mass is 298 g/mol. The third-order valence-electron chi connectivity index (χ3n) is 4.29. The standard InChI is InChI=1S/C18H19FN2O/c19-15-9-7-13(8-10-15)17(12-3-1-4-12)21-18(22)14-5-2-6-16(20)11-14/h2,5-12,17H,1,3-4,20H2,(H,21,22). The summed E-state index contributed by atoms with van der Waals surface area (Å²) in [6, 6.07) is 13.2. The molecule has 114 valence electrons. The molecule has 0 aliphatic heterocycles. The first-order valence-electron chi connectivity index (χ1n) is 7.55. The van der Waals surface area contributed by atoms with Crippen LogP contribution in [-0.4, -0.2) is 5.91 Å². The molecule has 1 atom stereocenters. The van der Waals surface area contributed by atoms with Gasteiger partial charge < -0.3 is 11.1 Å². The zero-order valence-electron chi connectivity index (χ0n) is 12.3. The van der Waals surface area contributed by atoms with Crippen molar-refractivity contribution < 1.29 is 9.18 Å². The minimum absolute atomic E-state index is 0.0803. The molecule has 4 heteroatoms. The van der Waals surface area contributed by atoms with Gasteiger partial charge in [-0.2, -0.15) is 0 Å². The van der Waals surface area contributed by atoms with Crippen LogP contribution in [0.1, 0.15) is 41.2 Å². The second-order valence-electron chi connectivity index (χ2n) is 5.82. The van der Waals surface area contributed by atoms with E-state index in [1.165, 1.54) is 18.6 Å². The zero-order valence-corrected chi connectivity index (χ0v) is 12.3. The fraction of sp³-hybridized carbons (Fsp3) is 0.278. The second-order valence-corrected chi connectivity index (χ2v) is 5.82. The molecule has 1 saturated carbocycles. The number of halogens is 1. The van der Waals surface area contributed by atoms with Gasteiger partial charge in [-0.05, 0) is 54.7 Å². The highest BCUT2D eigenvalue weighted by Crippen LogP contribution is 2.37. The van der Waals surface area contributed by atoms with Gasteiger partial charge in [-0.15, -0.1) is 0 Å². The van der Waals surface area contributed by atoms with E-state index in [-0.39, 0.29) is 17.8 Å². The van der Waals surface area contributed by atoms with Crippen LogP contribution in [0.15, 0.2) is 48.5 Å². The van der Waals surface area contributed by atoms with E-state index in [1.54, 1.807) is 36.4 Å². The number of hydrogen-bond acceptors (Lipinski definition) is 2. The first-order valence-corrected chi connectivity index (χ1v) is 7.55. The van der Waals surface area contributed by atoms with Gasteiger partial charge in [0.15, 0.2) is 0 Å². The summed E-state index contributed by atoms with van der Waals surface area (Å²) < 4.78 is 13.1. The maximum absolute atomic E-state index is 13.1. The third kappa shape index (κ3) is 3.11. The highest BCUT2D eigenvalue weighted by molar-refractivity contribution is 5.95. The highest BCUT2D eigenvalue weighted by atomic mass is 19.1. The van der Waals surface area contributed by atoms with Crippen LogP contribution in [0.3, 0.4) is 0 Å². The van der Waals surface area contributed by atoms with Crippen LogP contribution in [0.4, 0.5) is 10.1 Å². The van der Waals surface area contributed by atoms with Gasteiger partial charge in [-0.25, -0.2) is 4.39 Å². The van der Waals surface area contributed by atoms with Crippen molar-refractivity contribution in [2.45, 2.75) is 25.3 Å². The molecule has 1 aliphatic carbocycles. The summed E-state index contributed by atoms with van der Waals surface area (Å²) in [5, 5.41) is 3.08. The largest absolute Gasteiger partial charge is 0.399 e. The van der Waals surface area contributed by atoms with Gasteiger partial charge in [0, 0.05) is 11.3 Å². The van der Waals surface area contributed by atoms with Crippen LogP contribution in [-0.2, 0) is 0 Å². The Hall–Kier alpha value is -2.36. The number of nitrogens with one attached hydrogen (secondary N) is 1. The van der Waals surface area contributed by atoms with Crippen LogP contribution < -0.4 is 11.1 Å². The Bertz CT molecular complexity index is 665. The Balaban J connectivity index is 1.81. The van der Waals surface area contributed by atoms with Crippen molar-refractivity contribution in [2.75, 3.05) is 5.73 Å². The smallest absolute Gasteiger partial charge is 0.251 e. The van der Waals surface area contributed by atoms with Gasteiger partial charge in [-0.3, -0.25) is 4.79 Å². The molecule has 3 N–H and O–H groups in total. The Labute approximate surface area is 129 Å². The molecule has 0 spiro atoms. The van der Waals surface area contributed by atoms with Gasteiger partial charge in [0.1, 0.15) is 5.82 Å². The summed E-state index contributed by atoms with van der Waals surface area (Å²) in [4.78, 5) is 12.5. The number of benzene rings is 2. The number of carbonyl (C=O) groups is 1. The van der Waals surface area contributed by atoms with Crippen molar-refractivity contribution in [1.82, 2.24) is 5.32 Å². The van der Waals surface area contributed by atoms with Gasteiger partial charge in [0.25, 0.3) is 5.91 Å². The summed E-state index contributed by atoms with van der Waals surface area (Å²) in [6.45, 7) is 0. The molecule has 3 nitrogen and oxygen atoms in total. The average molecular weight is 298 g/mol. The lowest BCUT2D eigenvalue weighted by Crippen LogP contribution is -2.36. The molecule has 22 heavy (non-hydrogen) atoms. The number of anilines is 1. The first kappa shape index (κ1) is 14.6. The molecule has 0 radical (unpaired) electrons. The molecule has 1 aliphatic rings. The Morgan fingerprint density at radius 1 is 1.18 bits per heavy atom. The zero-order chi connectivity index (χ0) is 15.5. The summed E-state index contributed by atoms with van der Waals surface area (Å²) in [5.74, 6) is 0.00210. The first-order chi connectivity index (χ1) is 10.6. The maximum Gasteiger partial charge on any atom is 0.251 e. The van der Waals surface area contributed by atoms with E-state index >= 15 is 0 Å². The van der Waals surface area contributed by atoms with E-state index in [4.69, 9.17) is 5.73 Å². The number of carbonyl (C=O) groups excluding carboxylic acids is 1. The molecule has 0 bridgehead atoms. The Morgan fingerprint density at radius 3 is 2.50 bits per heavy atom. The van der Waals surface area contributed by atoms with Crippen LogP contribution in [0.5, 0.6) is 0 Å². The summed E-state index contributed by atoms with van der Waals surface area (Å²) >= 11 is 0. The normalized spacial score (nSPS) is 15.9. The van der Waals surface area contributed by atoms with E-state index in [0.717, 1.165) is 18.4 Å². The van der Waals surface area contributed by atoms with Gasteiger partial charge in [0.2, 0.25) is 0 Å². The van der Waals surface area contributed by atoms with Crippen LogP contribution >= 0.6 is 0 Å². The van der Waals surface area contributed by atoms with Crippen molar-refractivity contribution in [2.24, 2.45) is 5.92 Å². The van der Waals surface area contributed by atoms with Crippen molar-refractivity contribution in [3.63, 3.8) is 0 Å². The van der Waals surface area contributed by atoms with Crippen LogP contribution in [0.2, 0.25) is 0 Å². The van der Waals surface area contributed by atoms with Crippen molar-refractivity contribution in [3.05, 3.63) is 65.5 Å². The SMILES string of the molecule is Nc1cccc(C(=O)NC(c2ccc(F)cc2)C2CCC2)c1. The lowest BCUT2D eigenvalue weighted by atomic mass is 9.77. The fourth-order valence-corrected chi connectivity index (χ4v) is 2.82. The van der Waals surface area contributed by atoms with E-state index in [0.29, 0.717) is 17.2 Å². The average Bonchev–Trinajstić information content (AvgIpc) is 2.45. The highest BCUT2D eigenvalue weighted by Gasteiger charge is 2.30. The molecule has 1 amide bonds. The molecule has 2 aromatic rings. The molecule has 3 rings (SSSR count). The molecule has 0 saturated heterocycles. The lowest BCUT2D eigenvalue weighted by Gasteiger charge is -2.34. The summed E-state index contributed by atoms with van der Waals surface area (Å²) in [6.07, 6.45) is 3.34. The van der Waals surface area contributed by atoms with Gasteiger partial charge in [0.05, 0.1) is 6.04 Å². The molecular weight excluding hydrogens is 279 g/mol. The van der Waals surface area contributed by atoms with E-state index in [1.807, 2.05) is 0 Å². The maximum atomic E-state index is 13.1. The molecule has 2 aromatic carbocycles. The predicted octanol–water partition coefficient (Wildman–Crippen LogP) is 3.68. The number of amides is 1. The number of nitrogens with two attached hydrogens (primary N) is 1. The summed E-state index contributed by atoms with van der Waals surface area (Å²) in [7, 11) is 0. The minimum atomic E-state index is -0.265. The molecule has 1 unspecified atom stereocenters. The molecule has 1 fully saturated rings. The number of nitrogen functional groups attached to an aromatic ring is 1. The third-order valence-corrected chi connectivity index (χ3v) is 4.29. The second kappa shape index (κ2) is 6.18. The Morgan fingerprint density at radius 2 is 1.91 bits per heavy atom. The van der Waals surface area contributed by atoms with Crippen LogP contribution in [0, 0.1) is 11.7 Å². The van der Waals surface area contributed by atoms with Gasteiger partial charge in [-0.1, -0.05) is 24.6 Å². The van der Waals surface area contributed by atoms with E-state index in [9.17, 15) is 9.18 Å². The van der Waals surface area contributed by atoms with Crippen LogP contribution in [0.25, 0.3) is 0 Å². The number of hydrogen-bond donors (Lipinski definition) is 2. The van der Waals surface area contributed by atoms with Crippen molar-refractivity contribution in [3.8, 4) is 0 Å².